The highest BCUT2D eigenvalue weighted by atomic mass is 16.5. The Morgan fingerprint density at radius 3 is 2.79 bits per heavy atom. The SMILES string of the molecule is COC(=O)[C@H]1C(=O)C[C@H]2CCCC[C@@H]21. The zero-order valence-corrected chi connectivity index (χ0v) is 8.49. The number of ether oxygens (including phenoxy) is 1. The third-order valence-electron chi connectivity index (χ3n) is 3.66. The highest BCUT2D eigenvalue weighted by Crippen LogP contribution is 2.44. The van der Waals surface area contributed by atoms with E-state index in [1.807, 2.05) is 0 Å². The molecule has 0 aromatic carbocycles. The Bertz CT molecular complexity index is 259. The minimum Gasteiger partial charge on any atom is -0.468 e. The molecule has 0 aromatic rings. The van der Waals surface area contributed by atoms with Crippen molar-refractivity contribution in [1.82, 2.24) is 0 Å². The maximum atomic E-state index is 11.6. The Hall–Kier alpha value is -0.860. The molecule has 0 bridgehead atoms. The number of fused-ring (bicyclic) bond motifs is 1. The highest BCUT2D eigenvalue weighted by Gasteiger charge is 2.47. The van der Waals surface area contributed by atoms with Crippen LogP contribution in [-0.2, 0) is 14.3 Å². The summed E-state index contributed by atoms with van der Waals surface area (Å²) >= 11 is 0. The average Bonchev–Trinajstić information content (AvgIpc) is 2.53. The van der Waals surface area contributed by atoms with Crippen molar-refractivity contribution in [2.45, 2.75) is 32.1 Å². The van der Waals surface area contributed by atoms with Gasteiger partial charge in [-0.15, -0.1) is 0 Å². The molecule has 0 spiro atoms. The zero-order chi connectivity index (χ0) is 10.1. The molecule has 3 heteroatoms. The van der Waals surface area contributed by atoms with E-state index >= 15 is 0 Å². The molecule has 2 aliphatic rings. The number of methoxy groups -OCH3 is 1. The normalized spacial score (nSPS) is 36.6. The summed E-state index contributed by atoms with van der Waals surface area (Å²) in [4.78, 5) is 23.1. The molecule has 0 N–H and O–H groups in total. The van der Waals surface area contributed by atoms with Crippen LogP contribution in [0.2, 0.25) is 0 Å². The number of esters is 1. The fraction of sp³-hybridized carbons (Fsp3) is 0.818. The second kappa shape index (κ2) is 3.71. The minimum absolute atomic E-state index is 0.105. The van der Waals surface area contributed by atoms with Gasteiger partial charge in [-0.05, 0) is 24.7 Å². The van der Waals surface area contributed by atoms with Crippen molar-refractivity contribution in [3.8, 4) is 0 Å². The summed E-state index contributed by atoms with van der Waals surface area (Å²) in [6.07, 6.45) is 5.11. The molecule has 0 unspecified atom stereocenters. The number of hydrogen-bond acceptors (Lipinski definition) is 3. The fourth-order valence-electron chi connectivity index (χ4n) is 2.99. The van der Waals surface area contributed by atoms with E-state index in [9.17, 15) is 9.59 Å². The van der Waals surface area contributed by atoms with Crippen LogP contribution in [0.4, 0.5) is 0 Å². The summed E-state index contributed by atoms with van der Waals surface area (Å²) in [7, 11) is 1.37. The van der Waals surface area contributed by atoms with Crippen LogP contribution in [0.15, 0.2) is 0 Å². The molecule has 2 aliphatic carbocycles. The van der Waals surface area contributed by atoms with Crippen LogP contribution in [0.5, 0.6) is 0 Å². The van der Waals surface area contributed by atoms with E-state index in [2.05, 4.69) is 0 Å². The van der Waals surface area contributed by atoms with Crippen molar-refractivity contribution in [2.75, 3.05) is 7.11 Å². The molecule has 2 fully saturated rings. The molecule has 3 nitrogen and oxygen atoms in total. The van der Waals surface area contributed by atoms with Crippen molar-refractivity contribution < 1.29 is 14.3 Å². The van der Waals surface area contributed by atoms with Crippen molar-refractivity contribution in [1.29, 1.82) is 0 Å². The first-order valence-electron chi connectivity index (χ1n) is 5.34. The first-order valence-corrected chi connectivity index (χ1v) is 5.34. The number of Topliss-reactive ketones (excluding diaryl/α,β-unsaturated/α-hetero) is 1. The van der Waals surface area contributed by atoms with Gasteiger partial charge >= 0.3 is 5.97 Å². The Balaban J connectivity index is 2.15. The van der Waals surface area contributed by atoms with Crippen LogP contribution in [0.3, 0.4) is 0 Å². The zero-order valence-electron chi connectivity index (χ0n) is 8.49. The van der Waals surface area contributed by atoms with E-state index in [0.717, 1.165) is 19.3 Å². The largest absolute Gasteiger partial charge is 0.468 e. The molecule has 2 rings (SSSR count). The van der Waals surface area contributed by atoms with Gasteiger partial charge in [-0.1, -0.05) is 12.8 Å². The van der Waals surface area contributed by atoms with Gasteiger partial charge in [0.05, 0.1) is 7.11 Å². The highest BCUT2D eigenvalue weighted by molar-refractivity contribution is 6.01. The Morgan fingerprint density at radius 1 is 1.36 bits per heavy atom. The van der Waals surface area contributed by atoms with Crippen LogP contribution in [-0.4, -0.2) is 18.9 Å². The summed E-state index contributed by atoms with van der Waals surface area (Å²) in [6, 6.07) is 0. The second-order valence-electron chi connectivity index (χ2n) is 4.38. The lowest BCUT2D eigenvalue weighted by Crippen LogP contribution is -2.28. The molecular formula is C11H16O3. The van der Waals surface area contributed by atoms with Gasteiger partial charge in [0.15, 0.2) is 0 Å². The molecule has 0 amide bonds. The van der Waals surface area contributed by atoms with Crippen LogP contribution >= 0.6 is 0 Å². The van der Waals surface area contributed by atoms with Gasteiger partial charge in [0.1, 0.15) is 11.7 Å². The van der Waals surface area contributed by atoms with E-state index in [4.69, 9.17) is 4.74 Å². The molecule has 3 atom stereocenters. The van der Waals surface area contributed by atoms with E-state index < -0.39 is 5.92 Å². The van der Waals surface area contributed by atoms with E-state index in [1.54, 1.807) is 0 Å². The molecule has 0 heterocycles. The van der Waals surface area contributed by atoms with Gasteiger partial charge < -0.3 is 4.74 Å². The van der Waals surface area contributed by atoms with E-state index in [-0.39, 0.29) is 17.7 Å². The second-order valence-corrected chi connectivity index (χ2v) is 4.38. The van der Waals surface area contributed by atoms with Crippen LogP contribution in [0.25, 0.3) is 0 Å². The van der Waals surface area contributed by atoms with Gasteiger partial charge in [-0.2, -0.15) is 0 Å². The lowest BCUT2D eigenvalue weighted by Gasteiger charge is -2.26. The van der Waals surface area contributed by atoms with Crippen LogP contribution in [0.1, 0.15) is 32.1 Å². The van der Waals surface area contributed by atoms with E-state index in [1.165, 1.54) is 13.5 Å². The standard InChI is InChI=1S/C11H16O3/c1-14-11(13)10-8-5-3-2-4-7(8)6-9(10)12/h7-8,10H,2-6H2,1H3/t7-,8+,10-/m1/s1. The maximum Gasteiger partial charge on any atom is 0.316 e. The summed E-state index contributed by atoms with van der Waals surface area (Å²) in [5.41, 5.74) is 0. The van der Waals surface area contributed by atoms with Gasteiger partial charge in [0.25, 0.3) is 0 Å². The molecule has 78 valence electrons. The summed E-state index contributed by atoms with van der Waals surface area (Å²) in [6.45, 7) is 0. The lowest BCUT2D eigenvalue weighted by atomic mass is 9.78. The predicted octanol–water partition coefficient (Wildman–Crippen LogP) is 1.55. The van der Waals surface area contributed by atoms with Crippen molar-refractivity contribution in [2.24, 2.45) is 17.8 Å². The van der Waals surface area contributed by atoms with Gasteiger partial charge in [0.2, 0.25) is 0 Å². The van der Waals surface area contributed by atoms with Crippen LogP contribution in [0, 0.1) is 17.8 Å². The Labute approximate surface area is 83.8 Å². The molecule has 2 saturated carbocycles. The lowest BCUT2D eigenvalue weighted by molar-refractivity contribution is -0.150. The third kappa shape index (κ3) is 1.45. The topological polar surface area (TPSA) is 43.4 Å². The quantitative estimate of drug-likeness (QED) is 0.472. The predicted molar refractivity (Wildman–Crippen MR) is 50.6 cm³/mol. The monoisotopic (exact) mass is 196 g/mol. The van der Waals surface area contributed by atoms with Gasteiger partial charge in [0, 0.05) is 6.42 Å². The number of hydrogen-bond donors (Lipinski definition) is 0. The first kappa shape index (κ1) is 9.69. The molecule has 0 aromatic heterocycles. The summed E-state index contributed by atoms with van der Waals surface area (Å²) < 4.78 is 4.69. The Morgan fingerprint density at radius 2 is 2.07 bits per heavy atom. The van der Waals surface area contributed by atoms with E-state index in [0.29, 0.717) is 12.3 Å². The molecule has 14 heavy (non-hydrogen) atoms. The number of carbonyl (C=O) groups excluding carboxylic acids is 2. The molecule has 0 saturated heterocycles. The molecule has 0 aliphatic heterocycles. The molecular weight excluding hydrogens is 180 g/mol. The first-order chi connectivity index (χ1) is 6.74. The van der Waals surface area contributed by atoms with Gasteiger partial charge in [-0.3, -0.25) is 9.59 Å². The fourth-order valence-corrected chi connectivity index (χ4v) is 2.99. The number of carbonyl (C=O) groups is 2. The average molecular weight is 196 g/mol. The minimum atomic E-state index is -0.440. The number of rotatable bonds is 1. The smallest absolute Gasteiger partial charge is 0.316 e. The van der Waals surface area contributed by atoms with Crippen molar-refractivity contribution in [3.05, 3.63) is 0 Å². The van der Waals surface area contributed by atoms with Crippen molar-refractivity contribution in [3.63, 3.8) is 0 Å². The van der Waals surface area contributed by atoms with Gasteiger partial charge in [-0.25, -0.2) is 0 Å². The van der Waals surface area contributed by atoms with Crippen LogP contribution < -0.4 is 0 Å². The maximum absolute atomic E-state index is 11.6. The number of ketones is 1. The van der Waals surface area contributed by atoms with Crippen molar-refractivity contribution >= 4 is 11.8 Å². The summed E-state index contributed by atoms with van der Waals surface area (Å²) in [5.74, 6) is 0.0903. The summed E-state index contributed by atoms with van der Waals surface area (Å²) in [5, 5.41) is 0. The Kier molecular flexibility index (Phi) is 2.57. The third-order valence-corrected chi connectivity index (χ3v) is 3.66. The molecule has 0 radical (unpaired) electrons.